The maximum absolute atomic E-state index is 14.2. The first-order valence-corrected chi connectivity index (χ1v) is 16.6. The summed E-state index contributed by atoms with van der Waals surface area (Å²) in [4.78, 5) is 29.2. The molecule has 240 valence electrons. The Hall–Kier alpha value is -5.46. The summed E-state index contributed by atoms with van der Waals surface area (Å²) < 4.78 is 32.1. The number of aromatic nitrogens is 2. The largest absolute Gasteiger partial charge is 0.503 e. The van der Waals surface area contributed by atoms with Crippen molar-refractivity contribution in [1.29, 1.82) is 0 Å². The fraction of sp³-hybridized carbons (Fsp3) is 0.111. The van der Waals surface area contributed by atoms with Gasteiger partial charge in [-0.2, -0.15) is 0 Å². The highest BCUT2D eigenvalue weighted by Gasteiger charge is 2.47. The van der Waals surface area contributed by atoms with E-state index >= 15 is 0 Å². The number of fused-ring (bicyclic) bond motifs is 1. The number of hydrogen-bond donors (Lipinski definition) is 1. The fourth-order valence-electron chi connectivity index (χ4n) is 5.42. The monoisotopic (exact) mass is 679 g/mol. The van der Waals surface area contributed by atoms with Crippen LogP contribution in [0, 0.1) is 5.82 Å². The Morgan fingerprint density at radius 2 is 1.79 bits per heavy atom. The van der Waals surface area contributed by atoms with Crippen LogP contribution in [0.4, 0.5) is 9.52 Å². The number of Topliss-reactive ketones (excluding diaryl/α,β-unsaturated/α-hetero) is 1. The van der Waals surface area contributed by atoms with Crippen LogP contribution in [0.25, 0.3) is 11.0 Å². The van der Waals surface area contributed by atoms with Gasteiger partial charge in [0.2, 0.25) is 10.9 Å². The molecular formula is C36H26FN3O6S2. The van der Waals surface area contributed by atoms with Gasteiger partial charge in [0.05, 0.1) is 18.7 Å². The molecule has 12 heteroatoms. The molecule has 6 aromatic rings. The molecule has 1 amide bonds. The first-order valence-electron chi connectivity index (χ1n) is 14.8. The van der Waals surface area contributed by atoms with Crippen LogP contribution in [-0.2, 0) is 17.2 Å². The number of furan rings is 1. The number of hydrogen-bond acceptors (Lipinski definition) is 10. The molecule has 1 aliphatic rings. The van der Waals surface area contributed by atoms with E-state index in [0.717, 1.165) is 16.9 Å². The number of ketones is 1. The molecule has 0 saturated carbocycles. The number of carbonyl (C=O) groups excluding carboxylic acids is 2. The number of aliphatic hydroxyl groups is 1. The van der Waals surface area contributed by atoms with Crippen molar-refractivity contribution in [2.75, 3.05) is 12.0 Å². The van der Waals surface area contributed by atoms with Crippen LogP contribution in [0.1, 0.15) is 33.3 Å². The maximum atomic E-state index is 14.2. The molecule has 0 fully saturated rings. The zero-order valence-electron chi connectivity index (χ0n) is 25.3. The van der Waals surface area contributed by atoms with Crippen LogP contribution in [0.2, 0.25) is 0 Å². The number of benzene rings is 4. The second-order valence-corrected chi connectivity index (χ2v) is 12.9. The zero-order chi connectivity index (χ0) is 33.2. The summed E-state index contributed by atoms with van der Waals surface area (Å²) in [5.74, 6) is -1.43. The Balaban J connectivity index is 1.25. The minimum atomic E-state index is -1.10. The van der Waals surface area contributed by atoms with Gasteiger partial charge in [0.15, 0.2) is 27.2 Å². The van der Waals surface area contributed by atoms with Crippen molar-refractivity contribution in [3.8, 4) is 11.5 Å². The molecule has 0 aliphatic carbocycles. The second-order valence-electron chi connectivity index (χ2n) is 10.7. The van der Waals surface area contributed by atoms with E-state index in [4.69, 9.17) is 13.9 Å². The van der Waals surface area contributed by atoms with E-state index in [0.29, 0.717) is 50.3 Å². The van der Waals surface area contributed by atoms with Crippen LogP contribution < -0.4 is 14.4 Å². The topological polar surface area (TPSA) is 115 Å². The van der Waals surface area contributed by atoms with Crippen molar-refractivity contribution in [3.05, 3.63) is 143 Å². The predicted octanol–water partition coefficient (Wildman–Crippen LogP) is 8.09. The van der Waals surface area contributed by atoms with Gasteiger partial charge < -0.3 is 19.0 Å². The van der Waals surface area contributed by atoms with Gasteiger partial charge in [-0.1, -0.05) is 95.9 Å². The molecule has 0 spiro atoms. The number of thioether (sulfide) groups is 1. The van der Waals surface area contributed by atoms with Crippen molar-refractivity contribution >= 4 is 50.9 Å². The molecule has 1 aliphatic heterocycles. The summed E-state index contributed by atoms with van der Waals surface area (Å²) in [6.07, 6.45) is 0. The third kappa shape index (κ3) is 6.03. The van der Waals surface area contributed by atoms with E-state index in [9.17, 15) is 19.1 Å². The Morgan fingerprint density at radius 1 is 1.00 bits per heavy atom. The molecule has 0 radical (unpaired) electrons. The van der Waals surface area contributed by atoms with Crippen molar-refractivity contribution in [3.63, 3.8) is 0 Å². The van der Waals surface area contributed by atoms with Gasteiger partial charge in [-0.05, 0) is 47.0 Å². The van der Waals surface area contributed by atoms with Gasteiger partial charge in [0.1, 0.15) is 18.2 Å². The van der Waals surface area contributed by atoms with Gasteiger partial charge in [0, 0.05) is 11.1 Å². The number of ether oxygens (including phenoxy) is 2. The van der Waals surface area contributed by atoms with Gasteiger partial charge in [-0.25, -0.2) is 4.39 Å². The van der Waals surface area contributed by atoms with Crippen LogP contribution in [-0.4, -0.2) is 34.1 Å². The summed E-state index contributed by atoms with van der Waals surface area (Å²) in [5.41, 5.74) is 2.12. The first kappa shape index (κ1) is 31.2. The molecule has 48 heavy (non-hydrogen) atoms. The zero-order valence-corrected chi connectivity index (χ0v) is 27.0. The Kier molecular flexibility index (Phi) is 8.66. The van der Waals surface area contributed by atoms with Crippen LogP contribution in [0.3, 0.4) is 0 Å². The smallest absolute Gasteiger partial charge is 0.296 e. The number of methoxy groups -OCH3 is 1. The third-order valence-corrected chi connectivity index (χ3v) is 9.84. The molecule has 0 saturated heterocycles. The molecule has 1 N–H and O–H groups in total. The van der Waals surface area contributed by atoms with Crippen molar-refractivity contribution < 1.29 is 33.0 Å². The highest BCUT2D eigenvalue weighted by molar-refractivity contribution is 8.00. The van der Waals surface area contributed by atoms with Crippen LogP contribution in [0.15, 0.2) is 123 Å². The minimum Gasteiger partial charge on any atom is -0.503 e. The fourth-order valence-corrected chi connectivity index (χ4v) is 7.27. The molecular weight excluding hydrogens is 654 g/mol. The SMILES string of the molecule is COc1cccc2cc(C(=O)C3=C(O)C(=O)N(c4nnc(SCc5ccccc5F)s4)C3c3cccc(OCc4ccccc4)c3)oc12. The highest BCUT2D eigenvalue weighted by Crippen LogP contribution is 2.45. The number of halogens is 1. The highest BCUT2D eigenvalue weighted by atomic mass is 32.2. The van der Waals surface area contributed by atoms with E-state index in [1.807, 2.05) is 30.3 Å². The van der Waals surface area contributed by atoms with Gasteiger partial charge in [-0.3, -0.25) is 14.5 Å². The summed E-state index contributed by atoms with van der Waals surface area (Å²) in [6, 6.07) is 28.7. The number of nitrogens with zero attached hydrogens (tertiary/aromatic N) is 3. The van der Waals surface area contributed by atoms with Crippen molar-refractivity contribution in [2.24, 2.45) is 0 Å². The molecule has 7 rings (SSSR count). The Bertz CT molecular complexity index is 2180. The van der Waals surface area contributed by atoms with E-state index < -0.39 is 23.5 Å². The molecule has 4 aromatic carbocycles. The molecule has 1 atom stereocenters. The minimum absolute atomic E-state index is 0.0782. The standard InChI is InChI=1S/C36H26FN3O6S2/c1-44-27-16-8-13-23-18-28(46-33(23)27)31(41)29-30(22-12-7-14-25(17-22)45-19-21-9-3-2-4-10-21)40(34(43)32(29)42)35-38-39-36(48-35)47-20-24-11-5-6-15-26(24)37/h2-18,30,42H,19-20H2,1H3. The lowest BCUT2D eigenvalue weighted by Crippen LogP contribution is -2.31. The Morgan fingerprint density at radius 3 is 2.60 bits per heavy atom. The normalized spacial score (nSPS) is 14.6. The Labute approximate surface area is 282 Å². The number of amides is 1. The van der Waals surface area contributed by atoms with E-state index in [1.54, 1.807) is 66.7 Å². The van der Waals surface area contributed by atoms with Gasteiger partial charge >= 0.3 is 0 Å². The van der Waals surface area contributed by atoms with Crippen molar-refractivity contribution in [2.45, 2.75) is 22.7 Å². The lowest BCUT2D eigenvalue weighted by atomic mass is 9.95. The number of carbonyl (C=O) groups is 2. The van der Waals surface area contributed by atoms with E-state index in [1.165, 1.54) is 29.8 Å². The number of anilines is 1. The van der Waals surface area contributed by atoms with E-state index in [2.05, 4.69) is 10.2 Å². The van der Waals surface area contributed by atoms with Gasteiger partial charge in [0.25, 0.3) is 5.91 Å². The molecule has 0 bridgehead atoms. The summed E-state index contributed by atoms with van der Waals surface area (Å²) in [5, 5.41) is 20.6. The van der Waals surface area contributed by atoms with Gasteiger partial charge in [-0.15, -0.1) is 10.2 Å². The molecule has 3 heterocycles. The van der Waals surface area contributed by atoms with Crippen LogP contribution >= 0.6 is 23.1 Å². The summed E-state index contributed by atoms with van der Waals surface area (Å²) in [6.45, 7) is 0.296. The molecule has 9 nitrogen and oxygen atoms in total. The van der Waals surface area contributed by atoms with Crippen LogP contribution in [0.5, 0.6) is 11.5 Å². The number of para-hydroxylation sites is 1. The molecule has 2 aromatic heterocycles. The third-order valence-electron chi connectivity index (χ3n) is 7.74. The molecule has 1 unspecified atom stereocenters. The maximum Gasteiger partial charge on any atom is 0.296 e. The van der Waals surface area contributed by atoms with Crippen molar-refractivity contribution in [1.82, 2.24) is 10.2 Å². The second kappa shape index (κ2) is 13.3. The summed E-state index contributed by atoms with van der Waals surface area (Å²) >= 11 is 2.35. The lowest BCUT2D eigenvalue weighted by Gasteiger charge is -2.24. The van der Waals surface area contributed by atoms with E-state index in [-0.39, 0.29) is 22.3 Å². The average Bonchev–Trinajstić information content (AvgIpc) is 3.83. The average molecular weight is 680 g/mol. The quantitative estimate of drug-likeness (QED) is 0.0824. The predicted molar refractivity (Wildman–Crippen MR) is 180 cm³/mol. The lowest BCUT2D eigenvalue weighted by molar-refractivity contribution is -0.117. The number of aliphatic hydroxyl groups excluding tert-OH is 1. The number of rotatable bonds is 11. The summed E-state index contributed by atoms with van der Waals surface area (Å²) in [7, 11) is 1.49. The first-order chi connectivity index (χ1) is 23.4.